The molecule has 0 saturated carbocycles. The van der Waals surface area contributed by atoms with Gasteiger partial charge in [0, 0.05) is 51.2 Å². The van der Waals surface area contributed by atoms with Crippen LogP contribution < -0.4 is 16.0 Å². The van der Waals surface area contributed by atoms with E-state index in [-0.39, 0.29) is 35.6 Å². The van der Waals surface area contributed by atoms with Crippen molar-refractivity contribution in [3.63, 3.8) is 0 Å². The molecule has 0 aromatic carbocycles. The maximum atomic E-state index is 13.1. The number of nitrogens with one attached hydrogen (secondary N) is 3. The van der Waals surface area contributed by atoms with Gasteiger partial charge in [0.2, 0.25) is 5.91 Å². The van der Waals surface area contributed by atoms with Crippen LogP contribution in [0.25, 0.3) is 0 Å². The van der Waals surface area contributed by atoms with Crippen LogP contribution in [0.1, 0.15) is 12.8 Å². The monoisotopic (exact) mass is 400 g/mol. The Morgan fingerprint density at radius 1 is 1.11 bits per heavy atom. The highest BCUT2D eigenvalue weighted by Crippen LogP contribution is 2.28. The van der Waals surface area contributed by atoms with Crippen LogP contribution in [0, 0.1) is 0 Å². The number of ether oxygens (including phenoxy) is 1. The normalized spacial score (nSPS) is 38.0. The molecule has 4 saturated heterocycles. The van der Waals surface area contributed by atoms with Crippen molar-refractivity contribution in [1.82, 2.24) is 30.7 Å². The lowest BCUT2D eigenvalue weighted by Crippen LogP contribution is -2.60. The zero-order valence-electron chi connectivity index (χ0n) is 15.7. The summed E-state index contributed by atoms with van der Waals surface area (Å²) in [5, 5.41) is 10.1. The van der Waals surface area contributed by atoms with Gasteiger partial charge in [0.05, 0.1) is 12.2 Å². The standard InChI is InChI=1S/C17H29ClN6O3/c1-22-6-8-23(9-7-22)17(26)27-16-14-13(19-4-5-20-14)15(25)24(16)12-3-2-11(18)10-21-12/h11-14,16,19-21H,2-10H2,1H3. The minimum absolute atomic E-state index is 0.0195. The van der Waals surface area contributed by atoms with Gasteiger partial charge in [-0.15, -0.1) is 11.6 Å². The van der Waals surface area contributed by atoms with Gasteiger partial charge in [-0.3, -0.25) is 15.0 Å². The lowest BCUT2D eigenvalue weighted by atomic mass is 10.1. The maximum Gasteiger partial charge on any atom is 0.411 e. The Kier molecular flexibility index (Phi) is 5.75. The van der Waals surface area contributed by atoms with Crippen molar-refractivity contribution in [1.29, 1.82) is 0 Å². The number of alkyl halides is 1. The van der Waals surface area contributed by atoms with Crippen molar-refractivity contribution < 1.29 is 14.3 Å². The summed E-state index contributed by atoms with van der Waals surface area (Å²) in [6, 6.07) is -0.599. The summed E-state index contributed by atoms with van der Waals surface area (Å²) in [6.45, 7) is 5.06. The van der Waals surface area contributed by atoms with E-state index in [2.05, 4.69) is 20.9 Å². The number of nitrogens with zero attached hydrogens (tertiary/aromatic N) is 3. The van der Waals surface area contributed by atoms with Gasteiger partial charge in [-0.1, -0.05) is 0 Å². The number of carbonyl (C=O) groups excluding carboxylic acids is 2. The van der Waals surface area contributed by atoms with Crippen LogP contribution in [0.5, 0.6) is 0 Å². The third kappa shape index (κ3) is 3.88. The van der Waals surface area contributed by atoms with Crippen molar-refractivity contribution >= 4 is 23.6 Å². The van der Waals surface area contributed by atoms with Gasteiger partial charge in [-0.2, -0.15) is 0 Å². The molecule has 4 aliphatic rings. The van der Waals surface area contributed by atoms with E-state index in [0.717, 1.165) is 39.0 Å². The van der Waals surface area contributed by atoms with E-state index in [0.29, 0.717) is 19.6 Å². The van der Waals surface area contributed by atoms with Crippen molar-refractivity contribution in [2.24, 2.45) is 0 Å². The van der Waals surface area contributed by atoms with Crippen LogP contribution in [0.15, 0.2) is 0 Å². The average molecular weight is 401 g/mol. The summed E-state index contributed by atoms with van der Waals surface area (Å²) in [7, 11) is 2.04. The molecule has 0 aliphatic carbocycles. The third-order valence-corrected chi connectivity index (χ3v) is 6.35. The summed E-state index contributed by atoms with van der Waals surface area (Å²) in [6.07, 6.45) is 0.462. The molecule has 0 bridgehead atoms. The number of piperazine rings is 2. The Hall–Kier alpha value is -1.13. The number of carbonyl (C=O) groups is 2. The second kappa shape index (κ2) is 8.08. The van der Waals surface area contributed by atoms with Crippen LogP contribution in [0.2, 0.25) is 0 Å². The molecule has 2 amide bonds. The Balaban J connectivity index is 1.49. The predicted molar refractivity (Wildman–Crippen MR) is 100 cm³/mol. The Labute approximate surface area is 164 Å². The summed E-state index contributed by atoms with van der Waals surface area (Å²) >= 11 is 6.19. The molecular weight excluding hydrogens is 372 g/mol. The number of hydrogen-bond donors (Lipinski definition) is 3. The fraction of sp³-hybridized carbons (Fsp3) is 0.882. The zero-order chi connectivity index (χ0) is 19.0. The van der Waals surface area contributed by atoms with Crippen molar-refractivity contribution in [3.8, 4) is 0 Å². The first-order valence-electron chi connectivity index (χ1n) is 9.85. The average Bonchev–Trinajstić information content (AvgIpc) is 2.95. The van der Waals surface area contributed by atoms with Gasteiger partial charge in [-0.25, -0.2) is 4.79 Å². The highest BCUT2D eigenvalue weighted by Gasteiger charge is 2.54. The van der Waals surface area contributed by atoms with Gasteiger partial charge in [0.25, 0.3) is 0 Å². The summed E-state index contributed by atoms with van der Waals surface area (Å²) in [4.78, 5) is 31.5. The van der Waals surface area contributed by atoms with Gasteiger partial charge in [0.15, 0.2) is 6.23 Å². The predicted octanol–water partition coefficient (Wildman–Crippen LogP) is -1.21. The molecule has 4 fully saturated rings. The molecule has 152 valence electrons. The summed E-state index contributed by atoms with van der Waals surface area (Å²) in [5.41, 5.74) is 0. The lowest BCUT2D eigenvalue weighted by molar-refractivity contribution is -0.140. The van der Waals surface area contributed by atoms with E-state index in [1.807, 2.05) is 7.05 Å². The number of hydrogen-bond acceptors (Lipinski definition) is 7. The molecule has 0 aromatic heterocycles. The van der Waals surface area contributed by atoms with Crippen molar-refractivity contribution in [2.75, 3.05) is 52.9 Å². The topological polar surface area (TPSA) is 89.2 Å². The number of amides is 2. The highest BCUT2D eigenvalue weighted by molar-refractivity contribution is 6.20. The first-order chi connectivity index (χ1) is 13.0. The van der Waals surface area contributed by atoms with Crippen LogP contribution in [-0.4, -0.2) is 109 Å². The number of likely N-dealkylation sites (N-methyl/N-ethyl adjacent to an activating group) is 1. The summed E-state index contributed by atoms with van der Waals surface area (Å²) < 4.78 is 5.92. The molecule has 10 heteroatoms. The van der Waals surface area contributed by atoms with E-state index >= 15 is 0 Å². The van der Waals surface area contributed by atoms with Crippen molar-refractivity contribution in [2.45, 2.75) is 42.7 Å². The van der Waals surface area contributed by atoms with E-state index < -0.39 is 6.23 Å². The molecule has 0 radical (unpaired) electrons. The SMILES string of the molecule is CN1CCN(C(=O)OC2C3NCCNC3C(=O)N2C2CCC(Cl)CN2)CC1. The molecule has 4 heterocycles. The van der Waals surface area contributed by atoms with Crippen LogP contribution in [0.3, 0.4) is 0 Å². The first kappa shape index (κ1) is 19.2. The largest absolute Gasteiger partial charge is 0.423 e. The highest BCUT2D eigenvalue weighted by atomic mass is 35.5. The Morgan fingerprint density at radius 3 is 2.56 bits per heavy atom. The third-order valence-electron chi connectivity index (χ3n) is 5.98. The number of piperidine rings is 1. The Bertz CT molecular complexity index is 565. The van der Waals surface area contributed by atoms with Gasteiger partial charge in [-0.05, 0) is 19.9 Å². The lowest BCUT2D eigenvalue weighted by Gasteiger charge is -2.39. The second-order valence-electron chi connectivity index (χ2n) is 7.82. The fourth-order valence-corrected chi connectivity index (χ4v) is 4.56. The number of rotatable bonds is 2. The molecule has 9 nitrogen and oxygen atoms in total. The smallest absolute Gasteiger partial charge is 0.411 e. The second-order valence-corrected chi connectivity index (χ2v) is 8.44. The molecular formula is C17H29ClN6O3. The van der Waals surface area contributed by atoms with Crippen LogP contribution >= 0.6 is 11.6 Å². The van der Waals surface area contributed by atoms with Crippen molar-refractivity contribution in [3.05, 3.63) is 0 Å². The molecule has 0 spiro atoms. The summed E-state index contributed by atoms with van der Waals surface area (Å²) in [5.74, 6) is -0.0195. The molecule has 5 unspecified atom stereocenters. The number of likely N-dealkylation sites (tertiary alicyclic amines) is 1. The molecule has 0 aromatic rings. The molecule has 4 rings (SSSR count). The van der Waals surface area contributed by atoms with Crippen LogP contribution in [-0.2, 0) is 9.53 Å². The van der Waals surface area contributed by atoms with E-state index in [9.17, 15) is 9.59 Å². The number of halogens is 1. The van der Waals surface area contributed by atoms with E-state index in [1.54, 1.807) is 9.80 Å². The molecule has 3 N–H and O–H groups in total. The fourth-order valence-electron chi connectivity index (χ4n) is 4.35. The van der Waals surface area contributed by atoms with E-state index in [1.165, 1.54) is 0 Å². The van der Waals surface area contributed by atoms with Gasteiger partial charge >= 0.3 is 6.09 Å². The quantitative estimate of drug-likeness (QED) is 0.501. The van der Waals surface area contributed by atoms with E-state index in [4.69, 9.17) is 16.3 Å². The minimum Gasteiger partial charge on any atom is -0.423 e. The van der Waals surface area contributed by atoms with Gasteiger partial charge < -0.3 is 25.2 Å². The van der Waals surface area contributed by atoms with Crippen LogP contribution in [0.4, 0.5) is 4.79 Å². The zero-order valence-corrected chi connectivity index (χ0v) is 16.5. The molecule has 27 heavy (non-hydrogen) atoms. The minimum atomic E-state index is -0.619. The number of fused-ring (bicyclic) bond motifs is 1. The first-order valence-corrected chi connectivity index (χ1v) is 10.3. The maximum absolute atomic E-state index is 13.1. The Morgan fingerprint density at radius 2 is 1.85 bits per heavy atom. The van der Waals surface area contributed by atoms with Gasteiger partial charge in [0.1, 0.15) is 6.04 Å². The molecule has 4 aliphatic heterocycles. The molecule has 5 atom stereocenters.